The minimum absolute atomic E-state index is 0.141. The first-order valence-electron chi connectivity index (χ1n) is 10.7. The van der Waals surface area contributed by atoms with Crippen LogP contribution in [-0.4, -0.2) is 30.4 Å². The molecule has 0 bridgehead atoms. The van der Waals surface area contributed by atoms with Gasteiger partial charge in [0, 0.05) is 16.8 Å². The fourth-order valence-electron chi connectivity index (χ4n) is 3.54. The third-order valence-corrected chi connectivity index (χ3v) is 6.22. The summed E-state index contributed by atoms with van der Waals surface area (Å²) in [4.78, 5) is 12.8. The summed E-state index contributed by atoms with van der Waals surface area (Å²) < 4.78 is 66.9. The van der Waals surface area contributed by atoms with Crippen LogP contribution in [-0.2, 0) is 16.2 Å². The lowest BCUT2D eigenvalue weighted by Gasteiger charge is -2.12. The molecule has 0 atom stereocenters. The number of hydrogen-bond acceptors (Lipinski definition) is 4. The van der Waals surface area contributed by atoms with Crippen molar-refractivity contribution in [1.82, 2.24) is 9.78 Å². The largest absolute Gasteiger partial charge is 0.435 e. The van der Waals surface area contributed by atoms with Crippen LogP contribution >= 0.6 is 11.6 Å². The van der Waals surface area contributed by atoms with Crippen molar-refractivity contribution in [2.45, 2.75) is 13.1 Å². The van der Waals surface area contributed by atoms with Crippen LogP contribution in [0.5, 0.6) is 0 Å². The number of benzene rings is 3. The zero-order valence-electron chi connectivity index (χ0n) is 19.5. The summed E-state index contributed by atoms with van der Waals surface area (Å²) in [6.07, 6.45) is -3.64. The standard InChI is InChI=1S/C25H20ClF3N4O3S/c1-15-7-12-18(13-20(15)32-37(2,35)36)30-24(34)17-10-8-16(9-11-17)22-14-23(25(27,28)29)31-33(22)21-6-4-3-5-19(21)26/h3-14,32H,1-2H3,(H,30,34). The number of carbonyl (C=O) groups excluding carboxylic acids is 1. The molecule has 12 heteroatoms. The molecule has 4 rings (SSSR count). The maximum atomic E-state index is 13.4. The normalized spacial score (nSPS) is 11.8. The van der Waals surface area contributed by atoms with E-state index in [9.17, 15) is 26.4 Å². The van der Waals surface area contributed by atoms with E-state index in [0.29, 0.717) is 22.5 Å². The van der Waals surface area contributed by atoms with Gasteiger partial charge in [0.2, 0.25) is 10.0 Å². The molecule has 1 amide bonds. The van der Waals surface area contributed by atoms with E-state index >= 15 is 0 Å². The van der Waals surface area contributed by atoms with E-state index < -0.39 is 27.8 Å². The lowest BCUT2D eigenvalue weighted by atomic mass is 10.1. The van der Waals surface area contributed by atoms with Gasteiger partial charge >= 0.3 is 6.18 Å². The van der Waals surface area contributed by atoms with E-state index in [1.54, 1.807) is 43.3 Å². The van der Waals surface area contributed by atoms with Crippen molar-refractivity contribution < 1.29 is 26.4 Å². The first-order valence-corrected chi connectivity index (χ1v) is 13.0. The molecule has 192 valence electrons. The van der Waals surface area contributed by atoms with Gasteiger partial charge in [-0.25, -0.2) is 13.1 Å². The molecular formula is C25H20ClF3N4O3S. The Bertz CT molecular complexity index is 1580. The number of aryl methyl sites for hydroxylation is 1. The first-order chi connectivity index (χ1) is 17.3. The minimum Gasteiger partial charge on any atom is -0.322 e. The Morgan fingerprint density at radius 1 is 1.00 bits per heavy atom. The predicted octanol–water partition coefficient (Wildman–Crippen LogP) is 6.14. The highest BCUT2D eigenvalue weighted by atomic mass is 35.5. The van der Waals surface area contributed by atoms with Crippen LogP contribution in [0.3, 0.4) is 0 Å². The number of hydrogen-bond donors (Lipinski definition) is 2. The van der Waals surface area contributed by atoms with Crippen molar-refractivity contribution >= 4 is 38.9 Å². The molecule has 2 N–H and O–H groups in total. The molecule has 0 unspecified atom stereocenters. The predicted molar refractivity (Wildman–Crippen MR) is 137 cm³/mol. The Kier molecular flexibility index (Phi) is 7.03. The Morgan fingerprint density at radius 2 is 1.68 bits per heavy atom. The second-order valence-corrected chi connectivity index (χ2v) is 10.4. The van der Waals surface area contributed by atoms with E-state index in [1.807, 2.05) is 0 Å². The van der Waals surface area contributed by atoms with Crippen molar-refractivity contribution in [2.24, 2.45) is 0 Å². The SMILES string of the molecule is Cc1ccc(NC(=O)c2ccc(-c3cc(C(F)(F)F)nn3-c3ccccc3Cl)cc2)cc1NS(C)(=O)=O. The van der Waals surface area contributed by atoms with Crippen LogP contribution in [0, 0.1) is 6.92 Å². The fraction of sp³-hybridized carbons (Fsp3) is 0.120. The van der Waals surface area contributed by atoms with E-state index in [0.717, 1.165) is 17.0 Å². The molecule has 0 spiro atoms. The molecule has 0 saturated carbocycles. The van der Waals surface area contributed by atoms with Crippen molar-refractivity contribution in [3.8, 4) is 16.9 Å². The van der Waals surface area contributed by atoms with Gasteiger partial charge in [-0.05, 0) is 55.0 Å². The molecule has 37 heavy (non-hydrogen) atoms. The number of nitrogens with one attached hydrogen (secondary N) is 2. The molecule has 4 aromatic rings. The smallest absolute Gasteiger partial charge is 0.322 e. The Balaban J connectivity index is 1.63. The van der Waals surface area contributed by atoms with Crippen molar-refractivity contribution in [3.05, 3.63) is 94.6 Å². The van der Waals surface area contributed by atoms with Crippen molar-refractivity contribution in [3.63, 3.8) is 0 Å². The average molecular weight is 549 g/mol. The fourth-order valence-corrected chi connectivity index (χ4v) is 4.37. The number of anilines is 2. The van der Waals surface area contributed by atoms with E-state index in [2.05, 4.69) is 15.1 Å². The third kappa shape index (κ3) is 6.12. The summed E-state index contributed by atoms with van der Waals surface area (Å²) >= 11 is 6.21. The summed E-state index contributed by atoms with van der Waals surface area (Å²) in [6, 6.07) is 18.0. The monoisotopic (exact) mass is 548 g/mol. The summed E-state index contributed by atoms with van der Waals surface area (Å²) in [5.74, 6) is -0.490. The minimum atomic E-state index is -4.67. The van der Waals surface area contributed by atoms with E-state index in [4.69, 9.17) is 11.6 Å². The van der Waals surface area contributed by atoms with Gasteiger partial charge in [-0.15, -0.1) is 0 Å². The quantitative estimate of drug-likeness (QED) is 0.302. The molecule has 0 fully saturated rings. The number of nitrogens with zero attached hydrogens (tertiary/aromatic N) is 2. The van der Waals surface area contributed by atoms with Crippen LogP contribution in [0.4, 0.5) is 24.5 Å². The number of halogens is 4. The first kappa shape index (κ1) is 26.2. The van der Waals surface area contributed by atoms with Crippen molar-refractivity contribution in [1.29, 1.82) is 0 Å². The van der Waals surface area contributed by atoms with Gasteiger partial charge in [-0.3, -0.25) is 9.52 Å². The second-order valence-electron chi connectivity index (χ2n) is 8.21. The third-order valence-electron chi connectivity index (χ3n) is 5.31. The molecule has 0 aliphatic carbocycles. The summed E-state index contributed by atoms with van der Waals surface area (Å²) in [5.41, 5.74) is 1.30. The average Bonchev–Trinajstić information content (AvgIpc) is 3.27. The number of alkyl halides is 3. The summed E-state index contributed by atoms with van der Waals surface area (Å²) in [7, 11) is -3.51. The zero-order valence-corrected chi connectivity index (χ0v) is 21.0. The molecule has 0 radical (unpaired) electrons. The number of sulfonamides is 1. The highest BCUT2D eigenvalue weighted by molar-refractivity contribution is 7.92. The molecule has 1 heterocycles. The second kappa shape index (κ2) is 9.91. The highest BCUT2D eigenvalue weighted by Gasteiger charge is 2.35. The van der Waals surface area contributed by atoms with Gasteiger partial charge < -0.3 is 5.32 Å². The molecule has 0 aliphatic heterocycles. The zero-order chi connectivity index (χ0) is 27.0. The van der Waals surface area contributed by atoms with Crippen LogP contribution in [0.2, 0.25) is 5.02 Å². The molecule has 7 nitrogen and oxygen atoms in total. The summed E-state index contributed by atoms with van der Waals surface area (Å²) in [6.45, 7) is 1.72. The van der Waals surface area contributed by atoms with Gasteiger partial charge in [0.05, 0.1) is 28.3 Å². The Labute approximate surface area is 215 Å². The van der Waals surface area contributed by atoms with Crippen LogP contribution in [0.15, 0.2) is 72.8 Å². The highest BCUT2D eigenvalue weighted by Crippen LogP contribution is 2.34. The number of rotatable bonds is 6. The maximum absolute atomic E-state index is 13.4. The molecule has 0 saturated heterocycles. The van der Waals surface area contributed by atoms with Gasteiger partial charge in [-0.2, -0.15) is 18.3 Å². The Morgan fingerprint density at radius 3 is 2.30 bits per heavy atom. The van der Waals surface area contributed by atoms with Crippen LogP contribution < -0.4 is 10.0 Å². The lowest BCUT2D eigenvalue weighted by molar-refractivity contribution is -0.141. The molecule has 0 aliphatic rings. The van der Waals surface area contributed by atoms with Crippen LogP contribution in [0.1, 0.15) is 21.6 Å². The Hall–Kier alpha value is -3.83. The number of aromatic nitrogens is 2. The number of para-hydroxylation sites is 1. The van der Waals surface area contributed by atoms with Gasteiger partial charge in [0.25, 0.3) is 5.91 Å². The van der Waals surface area contributed by atoms with Gasteiger partial charge in [0.15, 0.2) is 5.69 Å². The number of amides is 1. The van der Waals surface area contributed by atoms with E-state index in [1.165, 1.54) is 30.3 Å². The summed E-state index contributed by atoms with van der Waals surface area (Å²) in [5, 5.41) is 6.63. The molecular weight excluding hydrogens is 529 g/mol. The van der Waals surface area contributed by atoms with Gasteiger partial charge in [-0.1, -0.05) is 41.9 Å². The number of carbonyl (C=O) groups is 1. The van der Waals surface area contributed by atoms with Crippen LogP contribution in [0.25, 0.3) is 16.9 Å². The lowest BCUT2D eigenvalue weighted by Crippen LogP contribution is -2.14. The topological polar surface area (TPSA) is 93.1 Å². The molecule has 3 aromatic carbocycles. The van der Waals surface area contributed by atoms with E-state index in [-0.39, 0.29) is 22.0 Å². The van der Waals surface area contributed by atoms with Gasteiger partial charge in [0.1, 0.15) is 0 Å². The van der Waals surface area contributed by atoms with Crippen molar-refractivity contribution in [2.75, 3.05) is 16.3 Å². The maximum Gasteiger partial charge on any atom is 0.435 e. The molecule has 1 aromatic heterocycles.